The minimum atomic E-state index is -0.493. The average Bonchev–Trinajstić information content (AvgIpc) is 3.32. The molecule has 0 aliphatic heterocycles. The molecule has 0 radical (unpaired) electrons. The molecule has 12 nitrogen and oxygen atoms in total. The van der Waals surface area contributed by atoms with Gasteiger partial charge in [0.05, 0.1) is 25.1 Å². The Bertz CT molecular complexity index is 1450. The number of nitrogens with zero attached hydrogens (tertiary/aromatic N) is 4. The maximum Gasteiger partial charge on any atom is 0.261 e. The number of allylic oxidation sites excluding steroid dienone is 1. The number of anilines is 1. The molecule has 0 unspecified atom stereocenters. The number of amides is 1. The molecule has 3 aromatic heterocycles. The molecule has 4 rings (SSSR count). The maximum atomic E-state index is 13.2. The van der Waals surface area contributed by atoms with E-state index in [9.17, 15) is 4.79 Å². The smallest absolute Gasteiger partial charge is 0.261 e. The second kappa shape index (κ2) is 12.4. The van der Waals surface area contributed by atoms with Crippen molar-refractivity contribution in [3.63, 3.8) is 0 Å². The molecule has 4 aromatic rings. The van der Waals surface area contributed by atoms with Crippen molar-refractivity contribution >= 4 is 23.5 Å². The van der Waals surface area contributed by atoms with Gasteiger partial charge in [-0.25, -0.2) is 14.5 Å². The van der Waals surface area contributed by atoms with Gasteiger partial charge in [-0.15, -0.1) is 0 Å². The second-order valence-electron chi connectivity index (χ2n) is 8.21. The molecule has 196 valence electrons. The Kier molecular flexibility index (Phi) is 8.59. The average molecular weight is 516 g/mol. The van der Waals surface area contributed by atoms with E-state index in [0.717, 1.165) is 17.3 Å². The Morgan fingerprint density at radius 1 is 1.21 bits per heavy atom. The van der Waals surface area contributed by atoms with Gasteiger partial charge in [0, 0.05) is 43.8 Å². The van der Waals surface area contributed by atoms with E-state index in [-0.39, 0.29) is 23.7 Å². The number of hydrogen-bond donors (Lipinski definition) is 6. The Labute approximate surface area is 219 Å². The van der Waals surface area contributed by atoms with Gasteiger partial charge < -0.3 is 36.9 Å². The van der Waals surface area contributed by atoms with E-state index in [4.69, 9.17) is 21.0 Å². The van der Waals surface area contributed by atoms with E-state index >= 15 is 0 Å². The zero-order valence-corrected chi connectivity index (χ0v) is 20.8. The number of aromatic nitrogens is 4. The lowest BCUT2D eigenvalue weighted by atomic mass is 10.1. The first-order valence-corrected chi connectivity index (χ1v) is 11.8. The van der Waals surface area contributed by atoms with Crippen molar-refractivity contribution in [2.75, 3.05) is 26.0 Å². The van der Waals surface area contributed by atoms with Crippen molar-refractivity contribution in [1.82, 2.24) is 35.5 Å². The van der Waals surface area contributed by atoms with Crippen molar-refractivity contribution in [2.24, 2.45) is 0 Å². The van der Waals surface area contributed by atoms with Gasteiger partial charge in [-0.2, -0.15) is 5.10 Å². The summed E-state index contributed by atoms with van der Waals surface area (Å²) in [7, 11) is 1.43. The quantitative estimate of drug-likeness (QED) is 0.120. The van der Waals surface area contributed by atoms with Gasteiger partial charge in [0.2, 0.25) is 5.88 Å². The number of ether oxygens (including phenoxy) is 1. The van der Waals surface area contributed by atoms with Gasteiger partial charge in [-0.3, -0.25) is 4.79 Å². The third kappa shape index (κ3) is 5.94. The Morgan fingerprint density at radius 2 is 2.03 bits per heavy atom. The molecule has 0 aliphatic carbocycles. The van der Waals surface area contributed by atoms with E-state index in [0.29, 0.717) is 42.2 Å². The lowest BCUT2D eigenvalue weighted by Crippen LogP contribution is -2.26. The van der Waals surface area contributed by atoms with Crippen LogP contribution in [0.4, 0.5) is 5.82 Å². The third-order valence-corrected chi connectivity index (χ3v) is 5.67. The molecule has 0 atom stereocenters. The molecule has 0 spiro atoms. The number of hydrogen-bond acceptors (Lipinski definition) is 10. The summed E-state index contributed by atoms with van der Waals surface area (Å²) in [5.74, 6) is -0.0600. The minimum Gasteiger partial charge on any atom is -0.480 e. The summed E-state index contributed by atoms with van der Waals surface area (Å²) < 4.78 is 6.98. The van der Waals surface area contributed by atoms with Crippen molar-refractivity contribution in [1.29, 1.82) is 5.41 Å². The summed E-state index contributed by atoms with van der Waals surface area (Å²) in [6, 6.07) is 13.3. The molecule has 0 aliphatic rings. The number of nitrogen functional groups attached to an aromatic ring is 1. The number of nitrogens with two attached hydrogens (primary N) is 1. The van der Waals surface area contributed by atoms with E-state index in [2.05, 4.69) is 31.0 Å². The van der Waals surface area contributed by atoms with Gasteiger partial charge in [-0.1, -0.05) is 30.3 Å². The van der Waals surface area contributed by atoms with Crippen molar-refractivity contribution in [3.8, 4) is 17.1 Å². The second-order valence-corrected chi connectivity index (χ2v) is 8.21. The van der Waals surface area contributed by atoms with Crippen LogP contribution in [-0.2, 0) is 13.1 Å². The highest BCUT2D eigenvalue weighted by atomic mass is 16.5. The largest absolute Gasteiger partial charge is 0.480 e. The summed E-state index contributed by atoms with van der Waals surface area (Å²) in [4.78, 5) is 21.6. The van der Waals surface area contributed by atoms with Crippen LogP contribution >= 0.6 is 0 Å². The summed E-state index contributed by atoms with van der Waals surface area (Å²) in [6.45, 7) is 1.38. The maximum absolute atomic E-state index is 13.2. The van der Waals surface area contributed by atoms with Crippen LogP contribution in [0.2, 0.25) is 0 Å². The zero-order valence-electron chi connectivity index (χ0n) is 20.8. The van der Waals surface area contributed by atoms with Crippen LogP contribution in [0, 0.1) is 5.41 Å². The Balaban J connectivity index is 1.62. The number of rotatable bonds is 12. The highest BCUT2D eigenvalue weighted by molar-refractivity contribution is 6.01. The van der Waals surface area contributed by atoms with Crippen LogP contribution < -0.4 is 26.4 Å². The van der Waals surface area contributed by atoms with Gasteiger partial charge in [-0.05, 0) is 23.3 Å². The fourth-order valence-corrected chi connectivity index (χ4v) is 3.89. The van der Waals surface area contributed by atoms with E-state index in [1.165, 1.54) is 13.4 Å². The summed E-state index contributed by atoms with van der Waals surface area (Å²) in [5, 5.41) is 30.1. The topological polar surface area (TPSA) is 176 Å². The fourth-order valence-electron chi connectivity index (χ4n) is 3.89. The lowest BCUT2D eigenvalue weighted by Gasteiger charge is -2.11. The molecular formula is C26H29N9O3. The van der Waals surface area contributed by atoms with Crippen molar-refractivity contribution < 1.29 is 14.6 Å². The van der Waals surface area contributed by atoms with E-state index in [1.54, 1.807) is 23.0 Å². The number of benzene rings is 1. The molecular weight excluding hydrogens is 486 g/mol. The number of aliphatic hydroxyl groups excluding tert-OH is 1. The predicted molar refractivity (Wildman–Crippen MR) is 144 cm³/mol. The summed E-state index contributed by atoms with van der Waals surface area (Å²) >= 11 is 0. The fraction of sp³-hybridized carbons (Fsp3) is 0.192. The number of fused-ring (bicyclic) bond motifs is 1. The predicted octanol–water partition coefficient (Wildman–Crippen LogP) is 1.47. The Hall–Kier alpha value is -4.81. The van der Waals surface area contributed by atoms with Crippen LogP contribution in [0.1, 0.15) is 21.5 Å². The van der Waals surface area contributed by atoms with Gasteiger partial charge >= 0.3 is 0 Å². The highest BCUT2D eigenvalue weighted by Crippen LogP contribution is 2.30. The molecule has 0 saturated carbocycles. The van der Waals surface area contributed by atoms with Crippen LogP contribution in [0.5, 0.6) is 5.88 Å². The lowest BCUT2D eigenvalue weighted by molar-refractivity contribution is 0.0964. The third-order valence-electron chi connectivity index (χ3n) is 5.67. The van der Waals surface area contributed by atoms with Crippen LogP contribution in [0.3, 0.4) is 0 Å². The van der Waals surface area contributed by atoms with Gasteiger partial charge in [0.15, 0.2) is 5.82 Å². The molecule has 3 heterocycles. The van der Waals surface area contributed by atoms with Crippen LogP contribution in [0.15, 0.2) is 66.9 Å². The normalized spacial score (nSPS) is 11.4. The first-order chi connectivity index (χ1) is 18.5. The molecule has 7 N–H and O–H groups in total. The summed E-state index contributed by atoms with van der Waals surface area (Å²) in [6.07, 6.45) is 5.54. The molecule has 1 amide bonds. The molecule has 0 fully saturated rings. The number of pyridine rings is 1. The number of nitrogens with one attached hydrogen (secondary N) is 4. The standard InChI is InChI=1S/C26H29N9O3/c1-38-26-21(25(37)34-20(11-27)15-30-12-17-5-3-2-4-6-17)9-18(14-31-26)22-10-19(13-29-7-8-36)23-24(28)32-16-33-35(22)23/h2-6,9-11,14-16,27,29-30,36H,7-8,12-13H2,1H3,(H,34,37)(H2,28,32,33)/b20-15+,27-11?. The minimum absolute atomic E-state index is 0.000543. The summed E-state index contributed by atoms with van der Waals surface area (Å²) in [5.41, 5.74) is 10.3. The number of carbonyl (C=O) groups is 1. The Morgan fingerprint density at radius 3 is 2.76 bits per heavy atom. The number of carbonyl (C=O) groups excluding carboxylic acids is 1. The van der Waals surface area contributed by atoms with Crippen molar-refractivity contribution in [3.05, 3.63) is 83.6 Å². The number of methoxy groups -OCH3 is 1. The first-order valence-electron chi connectivity index (χ1n) is 11.8. The van der Waals surface area contributed by atoms with Crippen LogP contribution in [-0.4, -0.2) is 57.1 Å². The highest BCUT2D eigenvalue weighted by Gasteiger charge is 2.20. The SMILES string of the molecule is COc1ncc(-c2cc(CNCCO)c3c(N)ncnn23)cc1C(=O)N/C(C=N)=C/NCc1ccccc1. The molecule has 38 heavy (non-hydrogen) atoms. The van der Waals surface area contributed by atoms with E-state index in [1.807, 2.05) is 36.4 Å². The van der Waals surface area contributed by atoms with Gasteiger partial charge in [0.25, 0.3) is 5.91 Å². The molecule has 0 saturated heterocycles. The molecule has 12 heteroatoms. The van der Waals surface area contributed by atoms with E-state index < -0.39 is 5.91 Å². The zero-order chi connectivity index (χ0) is 26.9. The first kappa shape index (κ1) is 26.3. The monoisotopic (exact) mass is 515 g/mol. The molecule has 1 aromatic carbocycles. The van der Waals surface area contributed by atoms with Crippen LogP contribution in [0.25, 0.3) is 16.8 Å². The van der Waals surface area contributed by atoms with Gasteiger partial charge in [0.1, 0.15) is 17.4 Å². The number of aliphatic hydroxyl groups is 1. The van der Waals surface area contributed by atoms with Crippen molar-refractivity contribution in [2.45, 2.75) is 13.1 Å². The molecule has 0 bridgehead atoms.